The van der Waals surface area contributed by atoms with Gasteiger partial charge in [0.1, 0.15) is 11.4 Å². The van der Waals surface area contributed by atoms with E-state index in [-0.39, 0.29) is 22.6 Å². The number of methoxy groups -OCH3 is 1. The number of hydrogen-bond acceptors (Lipinski definition) is 6. The molecule has 0 bridgehead atoms. The first-order valence-corrected chi connectivity index (χ1v) is 9.56. The molecule has 0 N–H and O–H groups in total. The standard InChI is InChI=1S/C20H14ClN3O3S/c1-27-16-5-3-2-4-13(16)11-17-19(26)24-20(28-17)22-18(25)15(23-24)10-12-6-8-14(21)9-7-12/h2-9,11H,10H2,1H3/b17-11-. The second-order valence-corrected chi connectivity index (χ2v) is 7.46. The summed E-state index contributed by atoms with van der Waals surface area (Å²) < 4.78 is 6.92. The average molecular weight is 412 g/mol. The van der Waals surface area contributed by atoms with E-state index in [9.17, 15) is 9.59 Å². The molecule has 2 aromatic carbocycles. The smallest absolute Gasteiger partial charge is 0.296 e. The third kappa shape index (κ3) is 3.54. The van der Waals surface area contributed by atoms with Crippen molar-refractivity contribution in [3.8, 4) is 5.75 Å². The predicted octanol–water partition coefficient (Wildman–Crippen LogP) is 2.31. The molecule has 4 rings (SSSR count). The monoisotopic (exact) mass is 411 g/mol. The van der Waals surface area contributed by atoms with Crippen LogP contribution in [0.25, 0.3) is 11.0 Å². The lowest BCUT2D eigenvalue weighted by Gasteiger charge is -2.02. The van der Waals surface area contributed by atoms with Crippen molar-refractivity contribution >= 4 is 34.0 Å². The number of ether oxygens (including phenoxy) is 1. The lowest BCUT2D eigenvalue weighted by atomic mass is 10.1. The van der Waals surface area contributed by atoms with Gasteiger partial charge in [0, 0.05) is 17.0 Å². The van der Waals surface area contributed by atoms with Gasteiger partial charge in [0.25, 0.3) is 11.1 Å². The zero-order valence-corrected chi connectivity index (χ0v) is 16.3. The molecule has 6 nitrogen and oxygen atoms in total. The van der Waals surface area contributed by atoms with Gasteiger partial charge in [-0.05, 0) is 29.8 Å². The summed E-state index contributed by atoms with van der Waals surface area (Å²) in [5.41, 5.74) is 1.06. The molecular weight excluding hydrogens is 398 g/mol. The van der Waals surface area contributed by atoms with E-state index in [0.717, 1.165) is 22.5 Å². The van der Waals surface area contributed by atoms with Gasteiger partial charge in [0.15, 0.2) is 0 Å². The fourth-order valence-electron chi connectivity index (χ4n) is 2.77. The molecule has 0 saturated heterocycles. The Morgan fingerprint density at radius 2 is 1.89 bits per heavy atom. The third-order valence-corrected chi connectivity index (χ3v) is 5.37. The van der Waals surface area contributed by atoms with E-state index in [1.54, 1.807) is 25.3 Å². The van der Waals surface area contributed by atoms with Crippen LogP contribution >= 0.6 is 22.9 Å². The summed E-state index contributed by atoms with van der Waals surface area (Å²) in [6.07, 6.45) is 1.98. The van der Waals surface area contributed by atoms with Gasteiger partial charge in [-0.1, -0.05) is 53.3 Å². The van der Waals surface area contributed by atoms with Crippen molar-refractivity contribution in [2.45, 2.75) is 6.42 Å². The van der Waals surface area contributed by atoms with Crippen LogP contribution in [0.4, 0.5) is 0 Å². The molecule has 0 aliphatic carbocycles. The van der Waals surface area contributed by atoms with Gasteiger partial charge in [0.2, 0.25) is 4.96 Å². The molecule has 4 aromatic rings. The van der Waals surface area contributed by atoms with Gasteiger partial charge in [-0.2, -0.15) is 14.6 Å². The molecule has 0 aliphatic heterocycles. The number of nitrogens with zero attached hydrogens (tertiary/aromatic N) is 3. The zero-order valence-electron chi connectivity index (χ0n) is 14.8. The Morgan fingerprint density at radius 3 is 2.64 bits per heavy atom. The van der Waals surface area contributed by atoms with Crippen molar-refractivity contribution in [1.29, 1.82) is 0 Å². The number of para-hydroxylation sites is 1. The number of thiazole rings is 1. The number of aromatic nitrogens is 3. The fraction of sp³-hybridized carbons (Fsp3) is 0.100. The van der Waals surface area contributed by atoms with Gasteiger partial charge in [-0.25, -0.2) is 0 Å². The van der Waals surface area contributed by atoms with Crippen molar-refractivity contribution in [3.05, 3.63) is 95.6 Å². The number of benzene rings is 2. The van der Waals surface area contributed by atoms with E-state index >= 15 is 0 Å². The number of halogens is 1. The van der Waals surface area contributed by atoms with E-state index in [0.29, 0.717) is 15.3 Å². The third-order valence-electron chi connectivity index (χ3n) is 4.16. The van der Waals surface area contributed by atoms with E-state index in [2.05, 4.69) is 10.1 Å². The molecule has 0 spiro atoms. The van der Waals surface area contributed by atoms with Gasteiger partial charge in [-0.15, -0.1) is 0 Å². The molecule has 0 unspecified atom stereocenters. The van der Waals surface area contributed by atoms with E-state index in [1.807, 2.05) is 36.4 Å². The first-order valence-electron chi connectivity index (χ1n) is 8.37. The maximum atomic E-state index is 12.8. The first kappa shape index (κ1) is 18.3. The Labute approximate surface area is 168 Å². The maximum Gasteiger partial charge on any atom is 0.296 e. The zero-order chi connectivity index (χ0) is 19.7. The summed E-state index contributed by atoms with van der Waals surface area (Å²) in [7, 11) is 1.57. The van der Waals surface area contributed by atoms with Crippen molar-refractivity contribution in [2.75, 3.05) is 7.11 Å². The topological polar surface area (TPSA) is 73.6 Å². The van der Waals surface area contributed by atoms with Crippen LogP contribution in [-0.4, -0.2) is 21.7 Å². The molecule has 0 fully saturated rings. The summed E-state index contributed by atoms with van der Waals surface area (Å²) in [6.45, 7) is 0. The minimum Gasteiger partial charge on any atom is -0.496 e. The minimum atomic E-state index is -0.444. The van der Waals surface area contributed by atoms with Crippen LogP contribution in [0.15, 0.2) is 58.1 Å². The Kier molecular flexibility index (Phi) is 4.93. The molecule has 0 radical (unpaired) electrons. The Morgan fingerprint density at radius 1 is 1.14 bits per heavy atom. The highest BCUT2D eigenvalue weighted by Gasteiger charge is 2.12. The van der Waals surface area contributed by atoms with Crippen molar-refractivity contribution in [3.63, 3.8) is 0 Å². The van der Waals surface area contributed by atoms with Crippen LogP contribution < -0.4 is 20.4 Å². The number of fused-ring (bicyclic) bond motifs is 1. The van der Waals surface area contributed by atoms with Crippen LogP contribution in [0.1, 0.15) is 16.8 Å². The average Bonchev–Trinajstić information content (AvgIpc) is 2.99. The summed E-state index contributed by atoms with van der Waals surface area (Å²) >= 11 is 7.01. The highest BCUT2D eigenvalue weighted by molar-refractivity contribution is 7.15. The SMILES string of the molecule is COc1ccccc1/C=c1\sc2nc(=O)c(Cc3ccc(Cl)cc3)nn2c1=O. The predicted molar refractivity (Wildman–Crippen MR) is 109 cm³/mol. The molecule has 0 aliphatic rings. The second kappa shape index (κ2) is 7.53. The summed E-state index contributed by atoms with van der Waals surface area (Å²) in [5, 5.41) is 4.86. The van der Waals surface area contributed by atoms with Crippen molar-refractivity contribution in [2.24, 2.45) is 0 Å². The summed E-state index contributed by atoms with van der Waals surface area (Å²) in [4.78, 5) is 29.4. The lowest BCUT2D eigenvalue weighted by molar-refractivity contribution is 0.414. The quantitative estimate of drug-likeness (QED) is 0.515. The molecule has 2 heterocycles. The number of hydrogen-bond donors (Lipinski definition) is 0. The largest absolute Gasteiger partial charge is 0.496 e. The fourth-order valence-corrected chi connectivity index (χ4v) is 3.80. The van der Waals surface area contributed by atoms with Gasteiger partial charge in [-0.3, -0.25) is 9.59 Å². The van der Waals surface area contributed by atoms with Crippen molar-refractivity contribution < 1.29 is 4.74 Å². The molecule has 0 saturated carbocycles. The van der Waals surface area contributed by atoms with Gasteiger partial charge >= 0.3 is 0 Å². The Hall–Kier alpha value is -3.03. The molecule has 2 aromatic heterocycles. The minimum absolute atomic E-state index is 0.207. The highest BCUT2D eigenvalue weighted by atomic mass is 35.5. The van der Waals surface area contributed by atoms with Gasteiger partial charge in [0.05, 0.1) is 11.6 Å². The lowest BCUT2D eigenvalue weighted by Crippen LogP contribution is -2.28. The summed E-state index contributed by atoms with van der Waals surface area (Å²) in [6, 6.07) is 14.5. The van der Waals surface area contributed by atoms with Crippen molar-refractivity contribution in [1.82, 2.24) is 14.6 Å². The Bertz CT molecular complexity index is 1330. The molecule has 0 atom stereocenters. The Balaban J connectivity index is 1.81. The summed E-state index contributed by atoms with van der Waals surface area (Å²) in [5.74, 6) is 0.651. The molecule has 28 heavy (non-hydrogen) atoms. The van der Waals surface area contributed by atoms with Crippen LogP contribution in [0.3, 0.4) is 0 Å². The van der Waals surface area contributed by atoms with E-state index < -0.39 is 5.56 Å². The number of rotatable bonds is 4. The van der Waals surface area contributed by atoms with Crippen LogP contribution in [0.2, 0.25) is 5.02 Å². The molecule has 0 amide bonds. The second-order valence-electron chi connectivity index (χ2n) is 6.02. The highest BCUT2D eigenvalue weighted by Crippen LogP contribution is 2.17. The first-order chi connectivity index (χ1) is 13.5. The molecule has 140 valence electrons. The van der Waals surface area contributed by atoms with E-state index in [4.69, 9.17) is 16.3 Å². The van der Waals surface area contributed by atoms with Crippen LogP contribution in [-0.2, 0) is 6.42 Å². The van der Waals surface area contributed by atoms with E-state index in [1.165, 1.54) is 4.52 Å². The normalized spacial score (nSPS) is 11.9. The van der Waals surface area contributed by atoms with Gasteiger partial charge < -0.3 is 4.74 Å². The molecule has 8 heteroatoms. The van der Waals surface area contributed by atoms with Crippen LogP contribution in [0, 0.1) is 0 Å². The van der Waals surface area contributed by atoms with Crippen LogP contribution in [0.5, 0.6) is 5.75 Å². The maximum absolute atomic E-state index is 12.8. The molecular formula is C20H14ClN3O3S.